The highest BCUT2D eigenvalue weighted by molar-refractivity contribution is 6.99. The molecule has 0 radical (unpaired) electrons. The van der Waals surface area contributed by atoms with Crippen molar-refractivity contribution in [1.82, 2.24) is 0 Å². The summed E-state index contributed by atoms with van der Waals surface area (Å²) >= 11 is -0.139. The first-order valence-corrected chi connectivity index (χ1v) is 17.0. The summed E-state index contributed by atoms with van der Waals surface area (Å²) in [5, 5.41) is 2.62. The molecule has 2 nitrogen and oxygen atoms in total. The van der Waals surface area contributed by atoms with Crippen LogP contribution in [0.25, 0.3) is 0 Å². The quantitative estimate of drug-likeness (QED) is 0.473. The van der Waals surface area contributed by atoms with Crippen LogP contribution in [0.15, 0.2) is 97.1 Å². The number of nitrogens with two attached hydrogens (primary N) is 1. The number of hydrogen-bond acceptors (Lipinski definition) is 2. The van der Waals surface area contributed by atoms with E-state index in [0.717, 1.165) is 0 Å². The third-order valence-corrected chi connectivity index (χ3v) is 9.65. The molecule has 1 atom stereocenters. The molecular formula is C28H42AlNOSi. The molecule has 4 heteroatoms. The maximum absolute atomic E-state index is 6.64. The Balaban J connectivity index is 0.000000422. The summed E-state index contributed by atoms with van der Waals surface area (Å²) in [5.41, 5.74) is 6.00. The first kappa shape index (κ1) is 28.4. The molecular weight excluding hydrogens is 421 g/mol. The van der Waals surface area contributed by atoms with Crippen molar-refractivity contribution in [1.29, 1.82) is 0 Å². The third-order valence-electron chi connectivity index (χ3n) is 4.65. The molecule has 0 aromatic heterocycles. The van der Waals surface area contributed by atoms with Crippen LogP contribution >= 0.6 is 0 Å². The maximum Gasteiger partial charge on any atom is 0.261 e. The summed E-state index contributed by atoms with van der Waals surface area (Å²) in [6, 6.07) is 33.3. The summed E-state index contributed by atoms with van der Waals surface area (Å²) in [6.07, 6.45) is 0. The topological polar surface area (TPSA) is 35.2 Å². The van der Waals surface area contributed by atoms with Gasteiger partial charge in [0.2, 0.25) is 0 Å². The van der Waals surface area contributed by atoms with Crippen LogP contribution in [0.5, 0.6) is 0 Å². The molecule has 3 aromatic carbocycles. The Kier molecular flexibility index (Phi) is 12.8. The summed E-state index contributed by atoms with van der Waals surface area (Å²) in [7, 11) is -2.39. The van der Waals surface area contributed by atoms with Crippen molar-refractivity contribution >= 4 is 32.8 Å². The van der Waals surface area contributed by atoms with Crippen LogP contribution in [0.3, 0.4) is 0 Å². The van der Waals surface area contributed by atoms with E-state index in [4.69, 9.17) is 10.2 Å². The van der Waals surface area contributed by atoms with Gasteiger partial charge in [0.15, 0.2) is 0 Å². The van der Waals surface area contributed by atoms with E-state index in [-0.39, 0.29) is 25.2 Å². The average Bonchev–Trinajstić information content (AvgIpc) is 2.76. The summed E-state index contributed by atoms with van der Waals surface area (Å²) in [6.45, 7) is 9.41. The molecule has 0 bridgehead atoms. The molecule has 172 valence electrons. The van der Waals surface area contributed by atoms with Gasteiger partial charge in [-0.2, -0.15) is 0 Å². The van der Waals surface area contributed by atoms with Crippen LogP contribution < -0.4 is 16.1 Å². The van der Waals surface area contributed by atoms with E-state index in [0.29, 0.717) is 6.61 Å². The predicted octanol–water partition coefficient (Wildman–Crippen LogP) is 5.97. The SMILES string of the molecule is C[C@H](N)CO[Si](c1ccccc1)(c1ccccc1)C(C)(C)C.[CH3][Al]([CH3])[CH3].c1ccccc1. The van der Waals surface area contributed by atoms with Gasteiger partial charge in [0.25, 0.3) is 22.5 Å². The zero-order valence-electron chi connectivity index (χ0n) is 21.1. The number of hydrogen-bond donors (Lipinski definition) is 1. The van der Waals surface area contributed by atoms with Crippen LogP contribution in [-0.4, -0.2) is 35.1 Å². The van der Waals surface area contributed by atoms with Crippen LogP contribution in [0.2, 0.25) is 22.4 Å². The first-order valence-electron chi connectivity index (χ1n) is 11.6. The van der Waals surface area contributed by atoms with Gasteiger partial charge < -0.3 is 10.2 Å². The summed E-state index contributed by atoms with van der Waals surface area (Å²) in [4.78, 5) is 0. The Labute approximate surface area is 202 Å². The van der Waals surface area contributed by atoms with E-state index in [1.165, 1.54) is 10.4 Å². The van der Waals surface area contributed by atoms with Crippen molar-refractivity contribution in [2.75, 3.05) is 6.61 Å². The van der Waals surface area contributed by atoms with Crippen LogP contribution in [0, 0.1) is 0 Å². The average molecular weight is 464 g/mol. The fourth-order valence-corrected chi connectivity index (χ4v) is 8.07. The Morgan fingerprint density at radius 1 is 0.719 bits per heavy atom. The lowest BCUT2D eigenvalue weighted by atomic mass is 10.2. The van der Waals surface area contributed by atoms with E-state index in [9.17, 15) is 0 Å². The molecule has 0 aliphatic heterocycles. The highest BCUT2D eigenvalue weighted by Gasteiger charge is 2.50. The van der Waals surface area contributed by atoms with E-state index in [1.807, 2.05) is 43.3 Å². The fourth-order valence-electron chi connectivity index (χ4n) is 3.40. The molecule has 0 spiro atoms. The standard InChI is InChI=1S/C19H27NOSi.C6H6.3CH3.Al/c1-16(20)15-21-22(19(2,3)4,17-11-7-5-8-12-17)18-13-9-6-10-14-18;1-2-4-6-5-3-1;;;;/h5-14,16H,15,20H2,1-4H3;1-6H;3*1H3;/t16-;;;;;/m0...../s1. The van der Waals surface area contributed by atoms with Crippen LogP contribution in [0.4, 0.5) is 0 Å². The Hall–Kier alpha value is -1.67. The lowest BCUT2D eigenvalue weighted by Gasteiger charge is -2.43. The molecule has 0 unspecified atom stereocenters. The van der Waals surface area contributed by atoms with Crippen molar-refractivity contribution in [3.05, 3.63) is 97.1 Å². The lowest BCUT2D eigenvalue weighted by Crippen LogP contribution is -2.67. The maximum atomic E-state index is 6.64. The van der Waals surface area contributed by atoms with Crippen LogP contribution in [-0.2, 0) is 4.43 Å². The molecule has 0 aliphatic carbocycles. The molecule has 0 fully saturated rings. The van der Waals surface area contributed by atoms with Gasteiger partial charge in [0.1, 0.15) is 0 Å². The molecule has 0 aliphatic rings. The van der Waals surface area contributed by atoms with Gasteiger partial charge in [0.05, 0.1) is 0 Å². The second-order valence-electron chi connectivity index (χ2n) is 9.84. The van der Waals surface area contributed by atoms with Gasteiger partial charge >= 0.3 is 0 Å². The monoisotopic (exact) mass is 463 g/mol. The van der Waals surface area contributed by atoms with Gasteiger partial charge in [-0.3, -0.25) is 0 Å². The Morgan fingerprint density at radius 2 is 1.00 bits per heavy atom. The normalized spacial score (nSPS) is 11.9. The minimum Gasteiger partial charge on any atom is -0.406 e. The number of benzene rings is 3. The molecule has 0 saturated heterocycles. The lowest BCUT2D eigenvalue weighted by molar-refractivity contribution is 0.278. The van der Waals surface area contributed by atoms with Gasteiger partial charge in [-0.1, -0.05) is 118 Å². The van der Waals surface area contributed by atoms with Gasteiger partial charge in [-0.15, -0.1) is 17.4 Å². The van der Waals surface area contributed by atoms with E-state index < -0.39 is 8.32 Å². The Bertz CT molecular complexity index is 765. The molecule has 3 rings (SSSR count). The number of rotatable bonds is 5. The first-order chi connectivity index (χ1) is 15.1. The zero-order valence-corrected chi connectivity index (χ0v) is 23.2. The van der Waals surface area contributed by atoms with Crippen molar-refractivity contribution in [3.8, 4) is 0 Å². The smallest absolute Gasteiger partial charge is 0.261 e. The Morgan fingerprint density at radius 3 is 1.25 bits per heavy atom. The van der Waals surface area contributed by atoms with E-state index >= 15 is 0 Å². The summed E-state index contributed by atoms with van der Waals surface area (Å²) < 4.78 is 6.64. The van der Waals surface area contributed by atoms with E-state index in [1.54, 1.807) is 0 Å². The minimum absolute atomic E-state index is 0.0184. The third kappa shape index (κ3) is 9.45. The molecule has 32 heavy (non-hydrogen) atoms. The van der Waals surface area contributed by atoms with Crippen LogP contribution in [0.1, 0.15) is 27.7 Å². The minimum atomic E-state index is -2.39. The molecule has 2 N–H and O–H groups in total. The second-order valence-corrected chi connectivity index (χ2v) is 17.6. The second kappa shape index (κ2) is 14.5. The highest BCUT2D eigenvalue weighted by Crippen LogP contribution is 2.36. The van der Waals surface area contributed by atoms with Crippen molar-refractivity contribution in [3.63, 3.8) is 0 Å². The summed E-state index contributed by atoms with van der Waals surface area (Å²) in [5.74, 6) is 6.92. The molecule has 0 heterocycles. The molecule has 0 saturated carbocycles. The van der Waals surface area contributed by atoms with Crippen molar-refractivity contribution < 1.29 is 4.43 Å². The highest BCUT2D eigenvalue weighted by atomic mass is 28.4. The zero-order chi connectivity index (χ0) is 24.0. The largest absolute Gasteiger partial charge is 0.406 e. The van der Waals surface area contributed by atoms with Gasteiger partial charge in [0, 0.05) is 12.6 Å². The predicted molar refractivity (Wildman–Crippen MR) is 147 cm³/mol. The van der Waals surface area contributed by atoms with Crippen molar-refractivity contribution in [2.45, 2.75) is 56.1 Å². The van der Waals surface area contributed by atoms with E-state index in [2.05, 4.69) is 98.8 Å². The van der Waals surface area contributed by atoms with Gasteiger partial charge in [-0.25, -0.2) is 0 Å². The van der Waals surface area contributed by atoms with Gasteiger partial charge in [-0.05, 0) is 22.3 Å². The van der Waals surface area contributed by atoms with Crippen molar-refractivity contribution in [2.24, 2.45) is 5.73 Å². The molecule has 3 aromatic rings. The fraction of sp³-hybridized carbons (Fsp3) is 0.357. The molecule has 0 amide bonds.